The van der Waals surface area contributed by atoms with Crippen molar-refractivity contribution in [2.24, 2.45) is 11.3 Å². The van der Waals surface area contributed by atoms with E-state index in [1.165, 1.54) is 12.1 Å². The summed E-state index contributed by atoms with van der Waals surface area (Å²) in [7, 11) is 0. The minimum atomic E-state index is -0.695. The lowest BCUT2D eigenvalue weighted by atomic mass is 9.90. The summed E-state index contributed by atoms with van der Waals surface area (Å²) in [6.45, 7) is 11.0. The van der Waals surface area contributed by atoms with E-state index in [0.717, 1.165) is 37.0 Å². The second-order valence-electron chi connectivity index (χ2n) is 12.4. The van der Waals surface area contributed by atoms with Crippen LogP contribution in [0.3, 0.4) is 0 Å². The number of nitrogens with zero attached hydrogens (tertiary/aromatic N) is 3. The van der Waals surface area contributed by atoms with Crippen LogP contribution in [-0.4, -0.2) is 52.9 Å². The van der Waals surface area contributed by atoms with Crippen molar-refractivity contribution in [2.75, 3.05) is 26.2 Å². The predicted molar refractivity (Wildman–Crippen MR) is 160 cm³/mol. The Balaban J connectivity index is 1.18. The number of pyridine rings is 1. The monoisotopic (exact) mass is 589 g/mol. The molecule has 43 heavy (non-hydrogen) atoms. The Morgan fingerprint density at radius 1 is 1.09 bits per heavy atom. The minimum absolute atomic E-state index is 0.00807. The number of carbonyl (C=O) groups excluding carboxylic acids is 2. The second-order valence-corrected chi connectivity index (χ2v) is 12.4. The fourth-order valence-electron chi connectivity index (χ4n) is 5.21. The molecule has 0 atom stereocenters. The standard InChI is InChI=1S/C33H37F2N5O3/c1-21-28(32(42)37-15-22-10-25(34)12-26(35)11-22)6-5-7-30(21)43-27-8-9-36-29(13-27)24-16-38-40(20-24)19-23-17-39(18-23)31(41)14-33(2,3)4/h5-13,20,23,38H,14-19H2,1-4H3,(H,37,42). The molecule has 226 valence electrons. The average molecular weight is 590 g/mol. The molecule has 3 aromatic rings. The van der Waals surface area contributed by atoms with Crippen molar-refractivity contribution in [3.05, 3.63) is 94.9 Å². The average Bonchev–Trinajstić information content (AvgIpc) is 3.38. The topological polar surface area (TPSA) is 86.8 Å². The van der Waals surface area contributed by atoms with Crippen molar-refractivity contribution < 1.29 is 23.1 Å². The van der Waals surface area contributed by atoms with Gasteiger partial charge in [-0.1, -0.05) is 26.8 Å². The first-order valence-electron chi connectivity index (χ1n) is 14.4. The number of aromatic nitrogens is 1. The molecule has 3 heterocycles. The molecule has 2 aromatic carbocycles. The molecule has 1 saturated heterocycles. The lowest BCUT2D eigenvalue weighted by Crippen LogP contribution is -2.54. The van der Waals surface area contributed by atoms with E-state index < -0.39 is 11.6 Å². The van der Waals surface area contributed by atoms with Gasteiger partial charge >= 0.3 is 0 Å². The molecular weight excluding hydrogens is 552 g/mol. The molecule has 2 N–H and O–H groups in total. The zero-order chi connectivity index (χ0) is 30.7. The van der Waals surface area contributed by atoms with Crippen LogP contribution < -0.4 is 15.5 Å². The number of likely N-dealkylation sites (tertiary alicyclic amines) is 1. The normalized spacial score (nSPS) is 15.3. The van der Waals surface area contributed by atoms with Gasteiger partial charge in [0.15, 0.2) is 0 Å². The molecule has 1 fully saturated rings. The third-order valence-corrected chi connectivity index (χ3v) is 7.42. The van der Waals surface area contributed by atoms with Crippen LogP contribution in [-0.2, 0) is 11.3 Å². The van der Waals surface area contributed by atoms with E-state index in [4.69, 9.17) is 4.74 Å². The molecule has 5 rings (SSSR count). The summed E-state index contributed by atoms with van der Waals surface area (Å²) in [6, 6.07) is 11.9. The number of benzene rings is 2. The van der Waals surface area contributed by atoms with Crippen molar-refractivity contribution in [1.29, 1.82) is 0 Å². The van der Waals surface area contributed by atoms with Gasteiger partial charge in [0.25, 0.3) is 5.91 Å². The maximum Gasteiger partial charge on any atom is 0.251 e. The maximum absolute atomic E-state index is 13.5. The second kappa shape index (κ2) is 12.5. The SMILES string of the molecule is Cc1c(Oc2ccnc(C3=CN(CC4CN(C(=O)CC(C)(C)C)C4)NC3)c2)cccc1C(=O)NCc1cc(F)cc(F)c1. The number of carbonyl (C=O) groups is 2. The highest BCUT2D eigenvalue weighted by molar-refractivity contribution is 5.96. The molecule has 0 unspecified atom stereocenters. The first-order valence-corrected chi connectivity index (χ1v) is 14.4. The van der Waals surface area contributed by atoms with E-state index >= 15 is 0 Å². The van der Waals surface area contributed by atoms with E-state index in [1.54, 1.807) is 37.4 Å². The van der Waals surface area contributed by atoms with E-state index in [0.29, 0.717) is 47.1 Å². The molecule has 2 aliphatic heterocycles. The molecular formula is C33H37F2N5O3. The van der Waals surface area contributed by atoms with Gasteiger partial charge in [0, 0.05) is 86.3 Å². The minimum Gasteiger partial charge on any atom is -0.457 e. The van der Waals surface area contributed by atoms with Crippen LogP contribution in [0, 0.1) is 29.9 Å². The van der Waals surface area contributed by atoms with Gasteiger partial charge in [-0.2, -0.15) is 0 Å². The smallest absolute Gasteiger partial charge is 0.251 e. The van der Waals surface area contributed by atoms with E-state index in [-0.39, 0.29) is 23.8 Å². The third-order valence-electron chi connectivity index (χ3n) is 7.42. The van der Waals surface area contributed by atoms with Gasteiger partial charge in [-0.15, -0.1) is 0 Å². The zero-order valence-electron chi connectivity index (χ0n) is 24.9. The van der Waals surface area contributed by atoms with Gasteiger partial charge in [0.05, 0.1) is 5.69 Å². The molecule has 0 saturated carbocycles. The number of rotatable bonds is 9. The highest BCUT2D eigenvalue weighted by Gasteiger charge is 2.33. The number of ether oxygens (including phenoxy) is 1. The molecule has 2 amide bonds. The summed E-state index contributed by atoms with van der Waals surface area (Å²) < 4.78 is 33.2. The van der Waals surface area contributed by atoms with Crippen LogP contribution >= 0.6 is 0 Å². The third kappa shape index (κ3) is 7.75. The van der Waals surface area contributed by atoms with Crippen molar-refractivity contribution in [1.82, 2.24) is 25.6 Å². The molecule has 0 spiro atoms. The van der Waals surface area contributed by atoms with Crippen LogP contribution in [0.1, 0.15) is 54.4 Å². The van der Waals surface area contributed by atoms with Crippen LogP contribution in [0.4, 0.5) is 8.78 Å². The Morgan fingerprint density at radius 2 is 1.84 bits per heavy atom. The Labute approximate surface area is 250 Å². The summed E-state index contributed by atoms with van der Waals surface area (Å²) in [5.41, 5.74) is 6.53. The predicted octanol–water partition coefficient (Wildman–Crippen LogP) is 5.45. The van der Waals surface area contributed by atoms with Crippen molar-refractivity contribution in [3.8, 4) is 11.5 Å². The largest absolute Gasteiger partial charge is 0.457 e. The number of halogens is 2. The molecule has 10 heteroatoms. The Hall–Kier alpha value is -4.31. The Bertz CT molecular complexity index is 1530. The zero-order valence-corrected chi connectivity index (χ0v) is 24.9. The first-order chi connectivity index (χ1) is 20.4. The number of hydrogen-bond donors (Lipinski definition) is 2. The summed E-state index contributed by atoms with van der Waals surface area (Å²) in [6.07, 6.45) is 4.29. The fraction of sp³-hybridized carbons (Fsp3) is 0.364. The van der Waals surface area contributed by atoms with Crippen LogP contribution in [0.2, 0.25) is 0 Å². The highest BCUT2D eigenvalue weighted by Crippen LogP contribution is 2.30. The van der Waals surface area contributed by atoms with Gasteiger partial charge < -0.3 is 20.0 Å². The number of hydrazine groups is 1. The van der Waals surface area contributed by atoms with Gasteiger partial charge in [0.2, 0.25) is 5.91 Å². The van der Waals surface area contributed by atoms with Crippen molar-refractivity contribution >= 4 is 17.4 Å². The Morgan fingerprint density at radius 3 is 2.56 bits per heavy atom. The highest BCUT2D eigenvalue weighted by atomic mass is 19.1. The first kappa shape index (κ1) is 30.2. The van der Waals surface area contributed by atoms with Gasteiger partial charge in [-0.3, -0.25) is 14.6 Å². The molecule has 2 aliphatic rings. The van der Waals surface area contributed by atoms with E-state index in [2.05, 4.69) is 41.5 Å². The number of amides is 2. The molecule has 0 bridgehead atoms. The van der Waals surface area contributed by atoms with Crippen molar-refractivity contribution in [3.63, 3.8) is 0 Å². The quantitative estimate of drug-likeness (QED) is 0.346. The molecule has 0 radical (unpaired) electrons. The summed E-state index contributed by atoms with van der Waals surface area (Å²) in [4.78, 5) is 31.8. The van der Waals surface area contributed by atoms with Gasteiger partial charge in [0.1, 0.15) is 23.1 Å². The van der Waals surface area contributed by atoms with Crippen LogP contribution in [0.25, 0.3) is 5.57 Å². The lowest BCUT2D eigenvalue weighted by Gasteiger charge is -2.42. The molecule has 8 nitrogen and oxygen atoms in total. The van der Waals surface area contributed by atoms with E-state index in [1.807, 2.05) is 17.2 Å². The van der Waals surface area contributed by atoms with Crippen LogP contribution in [0.15, 0.2) is 60.9 Å². The van der Waals surface area contributed by atoms with E-state index in [9.17, 15) is 18.4 Å². The fourth-order valence-corrected chi connectivity index (χ4v) is 5.21. The van der Waals surface area contributed by atoms with Gasteiger partial charge in [-0.25, -0.2) is 14.2 Å². The maximum atomic E-state index is 13.5. The molecule has 0 aliphatic carbocycles. The summed E-state index contributed by atoms with van der Waals surface area (Å²) >= 11 is 0. The summed E-state index contributed by atoms with van der Waals surface area (Å²) in [5, 5.41) is 4.77. The number of nitrogens with one attached hydrogen (secondary N) is 2. The van der Waals surface area contributed by atoms with Gasteiger partial charge in [-0.05, 0) is 48.2 Å². The lowest BCUT2D eigenvalue weighted by molar-refractivity contribution is -0.139. The number of hydrogen-bond acceptors (Lipinski definition) is 6. The molecule has 1 aromatic heterocycles. The summed E-state index contributed by atoms with van der Waals surface area (Å²) in [5.74, 6) is -0.0461. The van der Waals surface area contributed by atoms with Crippen molar-refractivity contribution in [2.45, 2.75) is 40.7 Å². The van der Waals surface area contributed by atoms with Crippen LogP contribution in [0.5, 0.6) is 11.5 Å². The Kier molecular flexibility index (Phi) is 8.77.